The maximum Gasteiger partial charge on any atom is 0.255 e. The van der Waals surface area contributed by atoms with Crippen molar-refractivity contribution in [1.29, 1.82) is 0 Å². The SMILES string of the molecule is COc1ccc(-c2[nH]ncc2C(=O)N[C@@H](CO)CCSC)cc1OC. The van der Waals surface area contributed by atoms with Crippen molar-refractivity contribution in [2.75, 3.05) is 32.8 Å². The van der Waals surface area contributed by atoms with Gasteiger partial charge in [-0.15, -0.1) is 0 Å². The fraction of sp³-hybridized carbons (Fsp3) is 0.412. The third-order valence-corrected chi connectivity index (χ3v) is 4.43. The molecular weight excluding hydrogens is 342 g/mol. The molecule has 2 rings (SSSR count). The molecule has 0 aliphatic rings. The van der Waals surface area contributed by atoms with Gasteiger partial charge >= 0.3 is 0 Å². The maximum atomic E-state index is 12.6. The first-order chi connectivity index (χ1) is 12.1. The van der Waals surface area contributed by atoms with Crippen LogP contribution in [0.15, 0.2) is 24.4 Å². The predicted molar refractivity (Wildman–Crippen MR) is 98.5 cm³/mol. The van der Waals surface area contributed by atoms with Crippen LogP contribution in [0.3, 0.4) is 0 Å². The van der Waals surface area contributed by atoms with Gasteiger partial charge in [0.05, 0.1) is 44.3 Å². The molecule has 8 heteroatoms. The smallest absolute Gasteiger partial charge is 0.255 e. The van der Waals surface area contributed by atoms with E-state index >= 15 is 0 Å². The van der Waals surface area contributed by atoms with Gasteiger partial charge in [0.15, 0.2) is 11.5 Å². The van der Waals surface area contributed by atoms with Crippen LogP contribution in [-0.4, -0.2) is 60.1 Å². The summed E-state index contributed by atoms with van der Waals surface area (Å²) in [5, 5.41) is 19.1. The Balaban J connectivity index is 2.23. The van der Waals surface area contributed by atoms with E-state index in [0.29, 0.717) is 29.2 Å². The van der Waals surface area contributed by atoms with Crippen molar-refractivity contribution >= 4 is 17.7 Å². The lowest BCUT2D eigenvalue weighted by Gasteiger charge is -2.16. The topological polar surface area (TPSA) is 96.5 Å². The van der Waals surface area contributed by atoms with Crippen molar-refractivity contribution in [3.8, 4) is 22.8 Å². The Bertz CT molecular complexity index is 705. The number of hydrogen-bond acceptors (Lipinski definition) is 6. The fourth-order valence-corrected chi connectivity index (χ4v) is 2.92. The number of carbonyl (C=O) groups is 1. The highest BCUT2D eigenvalue weighted by atomic mass is 32.2. The molecule has 0 radical (unpaired) electrons. The lowest BCUT2D eigenvalue weighted by atomic mass is 10.1. The standard InChI is InChI=1S/C17H23N3O4S/c1-23-14-5-4-11(8-15(14)24-2)16-13(9-18-20-16)17(22)19-12(10-21)6-7-25-3/h4-5,8-9,12,21H,6-7,10H2,1-3H3,(H,18,20)(H,19,22)/t12-/m1/s1. The largest absolute Gasteiger partial charge is 0.493 e. The molecule has 3 N–H and O–H groups in total. The summed E-state index contributed by atoms with van der Waals surface area (Å²) in [5.74, 6) is 1.75. The zero-order valence-corrected chi connectivity index (χ0v) is 15.4. The van der Waals surface area contributed by atoms with E-state index in [-0.39, 0.29) is 18.6 Å². The molecule has 1 heterocycles. The third-order valence-electron chi connectivity index (χ3n) is 3.78. The number of H-pyrrole nitrogens is 1. The van der Waals surface area contributed by atoms with E-state index in [1.807, 2.05) is 12.3 Å². The van der Waals surface area contributed by atoms with Gasteiger partial charge < -0.3 is 19.9 Å². The van der Waals surface area contributed by atoms with E-state index in [1.165, 1.54) is 6.20 Å². The average Bonchev–Trinajstić information content (AvgIpc) is 3.14. The van der Waals surface area contributed by atoms with Crippen molar-refractivity contribution in [2.45, 2.75) is 12.5 Å². The molecule has 1 atom stereocenters. The first-order valence-corrected chi connectivity index (χ1v) is 9.20. The summed E-state index contributed by atoms with van der Waals surface area (Å²) >= 11 is 1.67. The number of methoxy groups -OCH3 is 2. The zero-order valence-electron chi connectivity index (χ0n) is 14.5. The first kappa shape index (κ1) is 19.1. The molecule has 0 aliphatic carbocycles. The van der Waals surface area contributed by atoms with Crippen LogP contribution < -0.4 is 14.8 Å². The Morgan fingerprint density at radius 2 is 2.12 bits per heavy atom. The quantitative estimate of drug-likeness (QED) is 0.628. The molecule has 1 aromatic heterocycles. The van der Waals surface area contributed by atoms with Crippen LogP contribution in [0.2, 0.25) is 0 Å². The lowest BCUT2D eigenvalue weighted by Crippen LogP contribution is -2.38. The summed E-state index contributed by atoms with van der Waals surface area (Å²) in [6.45, 7) is -0.101. The van der Waals surface area contributed by atoms with Gasteiger partial charge in [-0.3, -0.25) is 9.89 Å². The number of nitrogens with zero attached hydrogens (tertiary/aromatic N) is 1. The number of nitrogens with one attached hydrogen (secondary N) is 2. The molecule has 1 amide bonds. The van der Waals surface area contributed by atoms with E-state index in [0.717, 1.165) is 11.3 Å². The van der Waals surface area contributed by atoms with Gasteiger partial charge in [0.1, 0.15) is 0 Å². The van der Waals surface area contributed by atoms with Crippen LogP contribution in [0, 0.1) is 0 Å². The molecule has 7 nitrogen and oxygen atoms in total. The Hall–Kier alpha value is -2.19. The predicted octanol–water partition coefficient (Wildman–Crippen LogP) is 1.94. The number of carbonyl (C=O) groups excluding carboxylic acids is 1. The number of aliphatic hydroxyl groups is 1. The highest BCUT2D eigenvalue weighted by molar-refractivity contribution is 7.98. The Morgan fingerprint density at radius 3 is 2.76 bits per heavy atom. The second-order valence-electron chi connectivity index (χ2n) is 5.36. The lowest BCUT2D eigenvalue weighted by molar-refractivity contribution is 0.0916. The van der Waals surface area contributed by atoms with Crippen LogP contribution >= 0.6 is 11.8 Å². The van der Waals surface area contributed by atoms with E-state index < -0.39 is 0 Å². The van der Waals surface area contributed by atoms with Crippen LogP contribution in [0.1, 0.15) is 16.8 Å². The number of thioether (sulfide) groups is 1. The molecular formula is C17H23N3O4S. The molecule has 0 fully saturated rings. The summed E-state index contributed by atoms with van der Waals surface area (Å²) in [6, 6.07) is 5.09. The summed E-state index contributed by atoms with van der Waals surface area (Å²) in [7, 11) is 3.12. The minimum atomic E-state index is -0.284. The van der Waals surface area contributed by atoms with Gasteiger partial charge in [-0.2, -0.15) is 16.9 Å². The summed E-state index contributed by atoms with van der Waals surface area (Å²) < 4.78 is 10.5. The molecule has 0 saturated heterocycles. The molecule has 0 saturated carbocycles. The number of amides is 1. The van der Waals surface area contributed by atoms with E-state index in [2.05, 4.69) is 15.5 Å². The van der Waals surface area contributed by atoms with Gasteiger partial charge in [-0.05, 0) is 36.6 Å². The second-order valence-corrected chi connectivity index (χ2v) is 6.35. The van der Waals surface area contributed by atoms with Crippen molar-refractivity contribution < 1.29 is 19.4 Å². The van der Waals surface area contributed by atoms with Crippen molar-refractivity contribution in [1.82, 2.24) is 15.5 Å². The Kier molecular flexibility index (Phi) is 7.15. The highest BCUT2D eigenvalue weighted by Gasteiger charge is 2.19. The summed E-state index contributed by atoms with van der Waals surface area (Å²) in [5.41, 5.74) is 1.75. The van der Waals surface area contributed by atoms with E-state index in [9.17, 15) is 9.90 Å². The maximum absolute atomic E-state index is 12.6. The van der Waals surface area contributed by atoms with Crippen molar-refractivity contribution in [2.24, 2.45) is 0 Å². The highest BCUT2D eigenvalue weighted by Crippen LogP contribution is 2.32. The van der Waals surface area contributed by atoms with Crippen LogP contribution in [0.25, 0.3) is 11.3 Å². The van der Waals surface area contributed by atoms with Crippen LogP contribution in [0.4, 0.5) is 0 Å². The number of ether oxygens (including phenoxy) is 2. The number of aromatic nitrogens is 2. The number of aliphatic hydroxyl groups excluding tert-OH is 1. The molecule has 0 unspecified atom stereocenters. The van der Waals surface area contributed by atoms with Gasteiger partial charge in [-0.25, -0.2) is 0 Å². The van der Waals surface area contributed by atoms with Crippen molar-refractivity contribution in [3.63, 3.8) is 0 Å². The average molecular weight is 365 g/mol. The van der Waals surface area contributed by atoms with Gasteiger partial charge in [0.2, 0.25) is 0 Å². The molecule has 1 aromatic carbocycles. The number of benzene rings is 1. The molecule has 136 valence electrons. The minimum absolute atomic E-state index is 0.101. The first-order valence-electron chi connectivity index (χ1n) is 7.81. The van der Waals surface area contributed by atoms with Gasteiger partial charge in [0.25, 0.3) is 5.91 Å². The number of hydrogen-bond donors (Lipinski definition) is 3. The van der Waals surface area contributed by atoms with E-state index in [4.69, 9.17) is 9.47 Å². The molecule has 25 heavy (non-hydrogen) atoms. The zero-order chi connectivity index (χ0) is 18.2. The molecule has 0 spiro atoms. The molecule has 2 aromatic rings. The number of aromatic amines is 1. The second kappa shape index (κ2) is 9.33. The summed E-state index contributed by atoms with van der Waals surface area (Å²) in [4.78, 5) is 12.6. The minimum Gasteiger partial charge on any atom is -0.493 e. The van der Waals surface area contributed by atoms with Crippen LogP contribution in [0.5, 0.6) is 11.5 Å². The third kappa shape index (κ3) is 4.67. The molecule has 0 bridgehead atoms. The van der Waals surface area contributed by atoms with E-state index in [1.54, 1.807) is 38.1 Å². The summed E-state index contributed by atoms with van der Waals surface area (Å²) in [6.07, 6.45) is 4.17. The Labute approximate surface area is 151 Å². The van der Waals surface area contributed by atoms with Gasteiger partial charge in [0, 0.05) is 5.56 Å². The Morgan fingerprint density at radius 1 is 1.36 bits per heavy atom. The van der Waals surface area contributed by atoms with Crippen LogP contribution in [-0.2, 0) is 0 Å². The number of rotatable bonds is 9. The fourth-order valence-electron chi connectivity index (χ4n) is 2.40. The molecule has 0 aliphatic heterocycles. The monoisotopic (exact) mass is 365 g/mol. The van der Waals surface area contributed by atoms with Crippen molar-refractivity contribution in [3.05, 3.63) is 30.0 Å². The normalized spacial score (nSPS) is 11.8. The van der Waals surface area contributed by atoms with Gasteiger partial charge in [-0.1, -0.05) is 0 Å².